The van der Waals surface area contributed by atoms with Crippen molar-refractivity contribution in [3.63, 3.8) is 0 Å². The lowest BCUT2D eigenvalue weighted by Crippen LogP contribution is -2.49. The SMILES string of the molecule is Cc1ccccc1C(=O)NC(=S)NNC(=O)COc1ccc(C(C)(C)C)cc1Br. The lowest BCUT2D eigenvalue weighted by molar-refractivity contribution is -0.123. The van der Waals surface area contributed by atoms with Crippen LogP contribution in [0.2, 0.25) is 0 Å². The molecule has 2 aromatic rings. The molecule has 0 aliphatic heterocycles. The number of rotatable bonds is 4. The van der Waals surface area contributed by atoms with Crippen molar-refractivity contribution in [2.45, 2.75) is 33.1 Å². The van der Waals surface area contributed by atoms with Crippen molar-refractivity contribution in [3.05, 3.63) is 63.6 Å². The second kappa shape index (κ2) is 9.84. The third-order valence-electron chi connectivity index (χ3n) is 4.09. The minimum atomic E-state index is -0.440. The molecule has 6 nitrogen and oxygen atoms in total. The molecule has 0 aliphatic rings. The first-order chi connectivity index (χ1) is 13.6. The van der Waals surface area contributed by atoms with Gasteiger partial charge < -0.3 is 4.74 Å². The summed E-state index contributed by atoms with van der Waals surface area (Å²) in [4.78, 5) is 24.2. The highest BCUT2D eigenvalue weighted by atomic mass is 79.9. The summed E-state index contributed by atoms with van der Waals surface area (Å²) in [6, 6.07) is 12.9. The molecule has 2 aromatic carbocycles. The molecule has 154 valence electrons. The smallest absolute Gasteiger partial charge is 0.276 e. The summed E-state index contributed by atoms with van der Waals surface area (Å²) >= 11 is 8.50. The second-order valence-corrected chi connectivity index (χ2v) is 8.72. The van der Waals surface area contributed by atoms with Crippen molar-refractivity contribution in [2.75, 3.05) is 6.61 Å². The molecular formula is C21H24BrN3O3S. The van der Waals surface area contributed by atoms with E-state index in [9.17, 15) is 9.59 Å². The first-order valence-corrected chi connectivity index (χ1v) is 10.2. The van der Waals surface area contributed by atoms with E-state index in [4.69, 9.17) is 17.0 Å². The van der Waals surface area contributed by atoms with Gasteiger partial charge in [-0.05, 0) is 69.8 Å². The molecule has 0 atom stereocenters. The standard InChI is InChI=1S/C21H24BrN3O3S/c1-13-7-5-6-8-15(13)19(27)23-20(29)25-24-18(26)12-28-17-10-9-14(11-16(17)22)21(2,3)4/h5-11H,12H2,1-4H3,(H,24,26)(H2,23,25,27,29). The molecule has 0 aromatic heterocycles. The quantitative estimate of drug-likeness (QED) is 0.461. The minimum Gasteiger partial charge on any atom is -0.483 e. The lowest BCUT2D eigenvalue weighted by atomic mass is 9.87. The first-order valence-electron chi connectivity index (χ1n) is 8.96. The van der Waals surface area contributed by atoms with Gasteiger partial charge in [-0.15, -0.1) is 0 Å². The number of halogens is 1. The highest BCUT2D eigenvalue weighted by Gasteiger charge is 2.16. The first kappa shape index (κ1) is 22.8. The van der Waals surface area contributed by atoms with Gasteiger partial charge in [0, 0.05) is 5.56 Å². The van der Waals surface area contributed by atoms with E-state index in [0.717, 1.165) is 15.6 Å². The zero-order valence-electron chi connectivity index (χ0n) is 16.8. The summed E-state index contributed by atoms with van der Waals surface area (Å²) in [7, 11) is 0. The van der Waals surface area contributed by atoms with Crippen molar-refractivity contribution in [2.24, 2.45) is 0 Å². The van der Waals surface area contributed by atoms with Crippen LogP contribution in [0.25, 0.3) is 0 Å². The predicted molar refractivity (Wildman–Crippen MR) is 121 cm³/mol. The number of carbonyl (C=O) groups is 2. The van der Waals surface area contributed by atoms with E-state index in [-0.39, 0.29) is 23.0 Å². The maximum atomic E-state index is 12.2. The molecule has 0 radical (unpaired) electrons. The number of benzene rings is 2. The molecule has 0 fully saturated rings. The molecule has 0 spiro atoms. The summed E-state index contributed by atoms with van der Waals surface area (Å²) < 4.78 is 6.31. The fraction of sp³-hybridized carbons (Fsp3) is 0.286. The largest absolute Gasteiger partial charge is 0.483 e. The van der Waals surface area contributed by atoms with Crippen molar-refractivity contribution in [1.29, 1.82) is 0 Å². The van der Waals surface area contributed by atoms with Crippen molar-refractivity contribution in [1.82, 2.24) is 16.2 Å². The topological polar surface area (TPSA) is 79.5 Å². The molecule has 0 heterocycles. The third-order valence-corrected chi connectivity index (χ3v) is 4.91. The number of aryl methyl sites for hydroxylation is 1. The minimum absolute atomic E-state index is 0.0117. The van der Waals surface area contributed by atoms with Gasteiger partial charge in [0.25, 0.3) is 11.8 Å². The lowest BCUT2D eigenvalue weighted by Gasteiger charge is -2.20. The Kier molecular flexibility index (Phi) is 7.75. The molecule has 0 unspecified atom stereocenters. The molecule has 8 heteroatoms. The molecular weight excluding hydrogens is 454 g/mol. The Hall–Kier alpha value is -2.45. The van der Waals surface area contributed by atoms with E-state index in [0.29, 0.717) is 11.3 Å². The van der Waals surface area contributed by atoms with E-state index in [2.05, 4.69) is 52.9 Å². The van der Waals surface area contributed by atoms with Crippen LogP contribution in [-0.4, -0.2) is 23.5 Å². The molecule has 0 aliphatic carbocycles. The Bertz CT molecular complexity index is 926. The third kappa shape index (κ3) is 6.83. The molecule has 3 N–H and O–H groups in total. The molecule has 2 amide bonds. The maximum Gasteiger partial charge on any atom is 0.276 e. The van der Waals surface area contributed by atoms with Crippen LogP contribution < -0.4 is 20.9 Å². The van der Waals surface area contributed by atoms with Gasteiger partial charge in [-0.1, -0.05) is 45.0 Å². The summed E-state index contributed by atoms with van der Waals surface area (Å²) in [5.41, 5.74) is 7.39. The Morgan fingerprint density at radius 1 is 1.10 bits per heavy atom. The van der Waals surface area contributed by atoms with Gasteiger partial charge >= 0.3 is 0 Å². The van der Waals surface area contributed by atoms with Gasteiger partial charge in [0.1, 0.15) is 5.75 Å². The number of thiocarbonyl (C=S) groups is 1. The average Bonchev–Trinajstić information content (AvgIpc) is 2.64. The van der Waals surface area contributed by atoms with E-state index in [1.54, 1.807) is 12.1 Å². The van der Waals surface area contributed by atoms with Crippen LogP contribution in [0.4, 0.5) is 0 Å². The van der Waals surface area contributed by atoms with Crippen LogP contribution in [0.3, 0.4) is 0 Å². The van der Waals surface area contributed by atoms with Crippen molar-refractivity contribution in [3.8, 4) is 5.75 Å². The summed E-state index contributed by atoms with van der Waals surface area (Å²) in [6.45, 7) is 7.98. The number of nitrogens with one attached hydrogen (secondary N) is 3. The molecule has 2 rings (SSSR count). The Balaban J connectivity index is 1.80. The van der Waals surface area contributed by atoms with Crippen LogP contribution in [0.1, 0.15) is 42.3 Å². The fourth-order valence-corrected chi connectivity index (χ4v) is 3.06. The molecule has 0 saturated heterocycles. The summed E-state index contributed by atoms with van der Waals surface area (Å²) in [5, 5.41) is 2.50. The summed E-state index contributed by atoms with van der Waals surface area (Å²) in [5.74, 6) is -0.234. The van der Waals surface area contributed by atoms with Gasteiger partial charge in [0.05, 0.1) is 4.47 Å². The predicted octanol–water partition coefficient (Wildman–Crippen LogP) is 3.77. The highest BCUT2D eigenvalue weighted by Crippen LogP contribution is 2.31. The van der Waals surface area contributed by atoms with Gasteiger partial charge in [0.15, 0.2) is 11.7 Å². The zero-order valence-corrected chi connectivity index (χ0v) is 19.2. The number of amides is 2. The van der Waals surface area contributed by atoms with Crippen molar-refractivity contribution < 1.29 is 14.3 Å². The Morgan fingerprint density at radius 2 is 1.79 bits per heavy atom. The average molecular weight is 478 g/mol. The van der Waals surface area contributed by atoms with E-state index in [1.807, 2.05) is 37.3 Å². The Morgan fingerprint density at radius 3 is 2.41 bits per heavy atom. The molecule has 29 heavy (non-hydrogen) atoms. The van der Waals surface area contributed by atoms with Crippen LogP contribution >= 0.6 is 28.1 Å². The van der Waals surface area contributed by atoms with E-state index < -0.39 is 5.91 Å². The maximum absolute atomic E-state index is 12.2. The van der Waals surface area contributed by atoms with Crippen LogP contribution in [0.15, 0.2) is 46.9 Å². The van der Waals surface area contributed by atoms with E-state index in [1.165, 1.54) is 0 Å². The van der Waals surface area contributed by atoms with Crippen LogP contribution in [-0.2, 0) is 10.2 Å². The second-order valence-electron chi connectivity index (χ2n) is 7.46. The fourth-order valence-electron chi connectivity index (χ4n) is 2.42. The summed E-state index contributed by atoms with van der Waals surface area (Å²) in [6.07, 6.45) is 0. The number of hydrogen-bond acceptors (Lipinski definition) is 4. The van der Waals surface area contributed by atoms with Crippen LogP contribution in [0, 0.1) is 6.92 Å². The monoisotopic (exact) mass is 477 g/mol. The van der Waals surface area contributed by atoms with Gasteiger partial charge in [-0.2, -0.15) is 0 Å². The molecule has 0 bridgehead atoms. The highest BCUT2D eigenvalue weighted by molar-refractivity contribution is 9.10. The normalized spacial score (nSPS) is 10.8. The van der Waals surface area contributed by atoms with Crippen LogP contribution in [0.5, 0.6) is 5.75 Å². The number of hydrazine groups is 1. The Labute approximate surface area is 184 Å². The zero-order chi connectivity index (χ0) is 21.6. The number of carbonyl (C=O) groups excluding carboxylic acids is 2. The van der Waals surface area contributed by atoms with Crippen molar-refractivity contribution >= 4 is 45.1 Å². The molecule has 0 saturated carbocycles. The van der Waals surface area contributed by atoms with Gasteiger partial charge in [-0.25, -0.2) is 0 Å². The van der Waals surface area contributed by atoms with E-state index >= 15 is 0 Å². The number of hydrogen-bond donors (Lipinski definition) is 3. The van der Waals surface area contributed by atoms with Gasteiger partial charge in [-0.3, -0.25) is 25.8 Å². The number of ether oxygens (including phenoxy) is 1. The van der Waals surface area contributed by atoms with Gasteiger partial charge in [0.2, 0.25) is 0 Å².